The lowest BCUT2D eigenvalue weighted by molar-refractivity contribution is 0.553. The van der Waals surface area contributed by atoms with E-state index in [1.807, 2.05) is 49.4 Å². The van der Waals surface area contributed by atoms with Gasteiger partial charge in [-0.1, -0.05) is 70.6 Å². The minimum absolute atomic E-state index is 0.0127. The van der Waals surface area contributed by atoms with Crippen LogP contribution in [0.1, 0.15) is 17.2 Å². The summed E-state index contributed by atoms with van der Waals surface area (Å²) in [4.78, 5) is 0.364. The molecular formula is C15H14INO2S. The molecule has 1 heterocycles. The summed E-state index contributed by atoms with van der Waals surface area (Å²) in [6, 6.07) is 16.7. The van der Waals surface area contributed by atoms with Gasteiger partial charge in [0.1, 0.15) is 0 Å². The summed E-state index contributed by atoms with van der Waals surface area (Å²) in [6.45, 7) is 1.95. The smallest absolute Gasteiger partial charge is 0.207 e. The van der Waals surface area contributed by atoms with Gasteiger partial charge in [-0.05, 0) is 24.6 Å². The Balaban J connectivity index is 1.92. The molecule has 0 aliphatic carbocycles. The van der Waals surface area contributed by atoms with Crippen molar-refractivity contribution in [3.63, 3.8) is 0 Å². The van der Waals surface area contributed by atoms with Crippen molar-refractivity contribution in [1.29, 1.82) is 0 Å². The van der Waals surface area contributed by atoms with Crippen molar-refractivity contribution in [2.24, 2.45) is 0 Å². The van der Waals surface area contributed by atoms with E-state index in [4.69, 9.17) is 0 Å². The van der Waals surface area contributed by atoms with Gasteiger partial charge < -0.3 is 0 Å². The van der Waals surface area contributed by atoms with Crippen LogP contribution in [-0.4, -0.2) is 16.8 Å². The quantitative estimate of drug-likeness (QED) is 0.343. The van der Waals surface area contributed by atoms with Crippen molar-refractivity contribution in [2.75, 3.05) is 0 Å². The molecular weight excluding hydrogens is 385 g/mol. The monoisotopic (exact) mass is 399 g/mol. The van der Waals surface area contributed by atoms with Gasteiger partial charge in [0.25, 0.3) is 0 Å². The summed E-state index contributed by atoms with van der Waals surface area (Å²) in [7, 11) is -3.40. The van der Waals surface area contributed by atoms with E-state index < -0.39 is 10.0 Å². The standard InChI is InChI=1S/C15H14INO2S/c1-11-7-9-13(10-8-11)20(18,19)17-14(15(17)16)12-5-3-2-4-6-12/h2-10,14-15H,1H3/t14-,15-,17?/m1/s1. The predicted molar refractivity (Wildman–Crippen MR) is 87.2 cm³/mol. The number of hydrogen-bond donors (Lipinski definition) is 0. The molecule has 0 bridgehead atoms. The van der Waals surface area contributed by atoms with E-state index in [0.29, 0.717) is 4.90 Å². The molecule has 1 aliphatic rings. The minimum atomic E-state index is -3.40. The third-order valence-electron chi connectivity index (χ3n) is 3.43. The second-order valence-electron chi connectivity index (χ2n) is 4.88. The summed E-state index contributed by atoms with van der Waals surface area (Å²) in [5, 5.41) is 0. The van der Waals surface area contributed by atoms with Gasteiger partial charge in [-0.3, -0.25) is 0 Å². The third kappa shape index (κ3) is 2.38. The topological polar surface area (TPSA) is 37.1 Å². The first-order chi connectivity index (χ1) is 9.51. The van der Waals surface area contributed by atoms with E-state index in [0.717, 1.165) is 11.1 Å². The van der Waals surface area contributed by atoms with Crippen molar-refractivity contribution in [3.8, 4) is 0 Å². The van der Waals surface area contributed by atoms with Crippen LogP contribution in [0.15, 0.2) is 59.5 Å². The fourth-order valence-electron chi connectivity index (χ4n) is 2.25. The van der Waals surface area contributed by atoms with Gasteiger partial charge in [0.15, 0.2) is 0 Å². The van der Waals surface area contributed by atoms with E-state index in [9.17, 15) is 8.42 Å². The Hall–Kier alpha value is -0.920. The molecule has 3 atom stereocenters. The van der Waals surface area contributed by atoms with Gasteiger partial charge in [-0.25, -0.2) is 8.42 Å². The van der Waals surface area contributed by atoms with Gasteiger partial charge >= 0.3 is 0 Å². The van der Waals surface area contributed by atoms with E-state index in [1.54, 1.807) is 16.4 Å². The fourth-order valence-corrected chi connectivity index (χ4v) is 5.88. The van der Waals surface area contributed by atoms with Gasteiger partial charge in [-0.2, -0.15) is 4.31 Å². The molecule has 104 valence electrons. The number of rotatable bonds is 3. The van der Waals surface area contributed by atoms with Crippen LogP contribution in [0.3, 0.4) is 0 Å². The molecule has 0 aromatic heterocycles. The summed E-state index contributed by atoms with van der Waals surface area (Å²) in [6.07, 6.45) is 0. The highest BCUT2D eigenvalue weighted by Crippen LogP contribution is 2.50. The van der Waals surface area contributed by atoms with Crippen molar-refractivity contribution in [1.82, 2.24) is 4.31 Å². The van der Waals surface area contributed by atoms with Gasteiger partial charge in [-0.15, -0.1) is 0 Å². The fraction of sp³-hybridized carbons (Fsp3) is 0.200. The summed E-state index contributed by atoms with van der Waals surface area (Å²) < 4.78 is 26.8. The number of halogens is 1. The van der Waals surface area contributed by atoms with Crippen LogP contribution in [0.5, 0.6) is 0 Å². The Labute approximate surface area is 132 Å². The zero-order chi connectivity index (χ0) is 14.3. The molecule has 3 rings (SSSR count). The third-order valence-corrected chi connectivity index (χ3v) is 6.96. The summed E-state index contributed by atoms with van der Waals surface area (Å²) in [5.41, 5.74) is 2.10. The predicted octanol–water partition coefficient (Wildman–Crippen LogP) is 3.50. The zero-order valence-electron chi connectivity index (χ0n) is 10.9. The number of alkyl halides is 1. The van der Waals surface area contributed by atoms with Crippen LogP contribution >= 0.6 is 22.6 Å². The van der Waals surface area contributed by atoms with Crippen LogP contribution in [0.4, 0.5) is 0 Å². The maximum absolute atomic E-state index is 12.6. The Kier molecular flexibility index (Phi) is 3.60. The van der Waals surface area contributed by atoms with Crippen molar-refractivity contribution in [3.05, 3.63) is 65.7 Å². The largest absolute Gasteiger partial charge is 0.244 e. The first-order valence-corrected chi connectivity index (χ1v) is 8.99. The molecule has 3 nitrogen and oxygen atoms in total. The molecule has 1 unspecified atom stereocenters. The molecule has 1 fully saturated rings. The maximum atomic E-state index is 12.6. The second kappa shape index (κ2) is 5.13. The molecule has 1 saturated heterocycles. The lowest BCUT2D eigenvalue weighted by atomic mass is 10.2. The highest BCUT2D eigenvalue weighted by atomic mass is 127. The molecule has 0 spiro atoms. The highest BCUT2D eigenvalue weighted by molar-refractivity contribution is 14.1. The van der Waals surface area contributed by atoms with Crippen LogP contribution in [-0.2, 0) is 10.0 Å². The van der Waals surface area contributed by atoms with Crippen LogP contribution in [0.2, 0.25) is 0 Å². The highest BCUT2D eigenvalue weighted by Gasteiger charge is 2.54. The molecule has 2 aromatic carbocycles. The Bertz CT molecular complexity index is 713. The molecule has 0 amide bonds. The maximum Gasteiger partial charge on any atom is 0.244 e. The molecule has 2 aromatic rings. The van der Waals surface area contributed by atoms with Crippen LogP contribution in [0.25, 0.3) is 0 Å². The van der Waals surface area contributed by atoms with Crippen LogP contribution < -0.4 is 0 Å². The average Bonchev–Trinajstić information content (AvgIpc) is 3.13. The normalized spacial score (nSPS) is 25.4. The molecule has 5 heteroatoms. The van der Waals surface area contributed by atoms with Crippen LogP contribution in [0, 0.1) is 6.92 Å². The van der Waals surface area contributed by atoms with Gasteiger partial charge in [0.05, 0.1) is 15.0 Å². The lowest BCUT2D eigenvalue weighted by Crippen LogP contribution is -2.13. The summed E-state index contributed by atoms with van der Waals surface area (Å²) >= 11 is 2.19. The molecule has 0 N–H and O–H groups in total. The van der Waals surface area contributed by atoms with Crippen molar-refractivity contribution in [2.45, 2.75) is 21.9 Å². The van der Waals surface area contributed by atoms with Gasteiger partial charge in [0.2, 0.25) is 10.0 Å². The number of nitrogens with zero attached hydrogens (tertiary/aromatic N) is 1. The number of sulfonamides is 1. The average molecular weight is 399 g/mol. The van der Waals surface area contributed by atoms with Gasteiger partial charge in [0, 0.05) is 0 Å². The first kappa shape index (κ1) is 14.0. The minimum Gasteiger partial charge on any atom is -0.207 e. The van der Waals surface area contributed by atoms with Crippen molar-refractivity contribution < 1.29 is 8.42 Å². The summed E-state index contributed by atoms with van der Waals surface area (Å²) in [5.74, 6) is 0. The SMILES string of the molecule is Cc1ccc(S(=O)(=O)N2[C@H](c3ccccc3)[C@@H]2I)cc1. The lowest BCUT2D eigenvalue weighted by Gasteiger charge is -2.06. The Morgan fingerprint density at radius 3 is 2.20 bits per heavy atom. The molecule has 1 aliphatic heterocycles. The first-order valence-electron chi connectivity index (χ1n) is 6.31. The zero-order valence-corrected chi connectivity index (χ0v) is 13.9. The molecule has 20 heavy (non-hydrogen) atoms. The Morgan fingerprint density at radius 2 is 1.60 bits per heavy atom. The van der Waals surface area contributed by atoms with Crippen molar-refractivity contribution >= 4 is 32.6 Å². The van der Waals surface area contributed by atoms with E-state index >= 15 is 0 Å². The van der Waals surface area contributed by atoms with E-state index in [1.165, 1.54) is 0 Å². The molecule has 0 saturated carbocycles. The number of aryl methyl sites for hydroxylation is 1. The number of benzene rings is 2. The Morgan fingerprint density at radius 1 is 1.00 bits per heavy atom. The van der Waals surface area contributed by atoms with E-state index in [-0.39, 0.29) is 10.1 Å². The van der Waals surface area contributed by atoms with E-state index in [2.05, 4.69) is 22.6 Å². The second-order valence-corrected chi connectivity index (χ2v) is 8.00. The molecule has 0 radical (unpaired) electrons. The number of hydrogen-bond acceptors (Lipinski definition) is 2.